The third-order valence-electron chi connectivity index (χ3n) is 9.20. The van der Waals surface area contributed by atoms with Gasteiger partial charge in [-0.3, -0.25) is 38.4 Å². The lowest BCUT2D eigenvalue weighted by atomic mass is 9.71. The quantitative estimate of drug-likeness (QED) is 0.0469. The molecule has 0 atom stereocenters. The molecule has 0 spiro atoms. The van der Waals surface area contributed by atoms with Crippen LogP contribution in [-0.4, -0.2) is 76.8 Å². The summed E-state index contributed by atoms with van der Waals surface area (Å²) in [5.74, 6) is 4.04. The first-order valence-corrected chi connectivity index (χ1v) is 24.7. The molecule has 0 unspecified atom stereocenters. The Morgan fingerprint density at radius 3 is 0.679 bits per heavy atom. The van der Waals surface area contributed by atoms with Crippen LogP contribution in [0.2, 0.25) is 0 Å². The van der Waals surface area contributed by atoms with Crippen molar-refractivity contribution in [3.05, 3.63) is 0 Å². The van der Waals surface area contributed by atoms with Crippen molar-refractivity contribution in [3.63, 3.8) is 0 Å². The summed E-state index contributed by atoms with van der Waals surface area (Å²) in [6, 6.07) is 0. The molecule has 8 nitrogen and oxygen atoms in total. The van der Waals surface area contributed by atoms with Crippen LogP contribution in [0.1, 0.15) is 151 Å². The standard InChI is InChI=1S/C39H64O8S6/c1-30(40)48-23-7-15-38(16-8-24-49-31(2)41,17-9-25-50-32(3)42)21-13-36(46)29-37(47)14-22-39(18-10-26-51-33(4)43,19-11-27-52-34(5)44)20-12-28-53-35(6)45/h7-29H2,1-6H3. The van der Waals surface area contributed by atoms with Crippen LogP contribution in [-0.2, 0) is 38.4 Å². The SMILES string of the molecule is CC(=O)SCCCC(CCCSC(C)=O)(CCCSC(C)=O)CCC(=O)CC(=O)CCC(CCCSC(C)=O)(CCCSC(C)=O)CCCSC(C)=O. The molecule has 14 heteroatoms. The van der Waals surface area contributed by atoms with Gasteiger partial charge in [0.2, 0.25) is 0 Å². The second-order valence-corrected chi connectivity index (χ2v) is 21.5. The number of hydrogen-bond donors (Lipinski definition) is 0. The molecule has 0 aliphatic heterocycles. The molecule has 0 aromatic carbocycles. The molecule has 0 aliphatic rings. The van der Waals surface area contributed by atoms with Crippen LogP contribution < -0.4 is 0 Å². The van der Waals surface area contributed by atoms with E-state index >= 15 is 0 Å². The number of hydrogen-bond acceptors (Lipinski definition) is 14. The van der Waals surface area contributed by atoms with Crippen molar-refractivity contribution >= 4 is 113 Å². The lowest BCUT2D eigenvalue weighted by Crippen LogP contribution is -2.25. The summed E-state index contributed by atoms with van der Waals surface area (Å²) in [7, 11) is 0. The lowest BCUT2D eigenvalue weighted by molar-refractivity contribution is -0.128. The van der Waals surface area contributed by atoms with E-state index in [9.17, 15) is 38.4 Å². The maximum Gasteiger partial charge on any atom is 0.185 e. The number of Topliss-reactive ketones (excluding diaryl/α,β-unsaturated/α-hetero) is 2. The second-order valence-electron chi connectivity index (χ2n) is 13.9. The van der Waals surface area contributed by atoms with Gasteiger partial charge in [-0.05, 0) is 101 Å². The molecule has 0 bridgehead atoms. The fourth-order valence-corrected chi connectivity index (χ4v) is 10.1. The molecule has 0 radical (unpaired) electrons. The Morgan fingerprint density at radius 2 is 0.509 bits per heavy atom. The maximum absolute atomic E-state index is 13.4. The normalized spacial score (nSPS) is 11.7. The van der Waals surface area contributed by atoms with Crippen LogP contribution in [0, 0.1) is 10.8 Å². The molecular weight excluding hydrogens is 789 g/mol. The summed E-state index contributed by atoms with van der Waals surface area (Å²) >= 11 is 7.81. The minimum atomic E-state index is -0.187. The van der Waals surface area contributed by atoms with E-state index in [4.69, 9.17) is 0 Å². The Hall–Kier alpha value is -0.540. The first-order chi connectivity index (χ1) is 25.0. The van der Waals surface area contributed by atoms with Crippen LogP contribution >= 0.6 is 70.6 Å². The summed E-state index contributed by atoms with van der Waals surface area (Å²) in [6.07, 6.45) is 11.6. The molecule has 0 amide bonds. The van der Waals surface area contributed by atoms with E-state index in [0.717, 1.165) is 77.0 Å². The zero-order chi connectivity index (χ0) is 40.1. The van der Waals surface area contributed by atoms with E-state index < -0.39 is 0 Å². The van der Waals surface area contributed by atoms with Gasteiger partial charge in [0.25, 0.3) is 0 Å². The van der Waals surface area contributed by atoms with Crippen molar-refractivity contribution in [2.75, 3.05) is 34.5 Å². The van der Waals surface area contributed by atoms with Gasteiger partial charge < -0.3 is 0 Å². The van der Waals surface area contributed by atoms with Gasteiger partial charge in [-0.2, -0.15) is 0 Å². The van der Waals surface area contributed by atoms with Crippen molar-refractivity contribution in [1.82, 2.24) is 0 Å². The van der Waals surface area contributed by atoms with E-state index in [0.29, 0.717) is 47.4 Å². The highest BCUT2D eigenvalue weighted by Crippen LogP contribution is 2.43. The molecule has 0 N–H and O–H groups in total. The van der Waals surface area contributed by atoms with Crippen molar-refractivity contribution < 1.29 is 38.4 Å². The van der Waals surface area contributed by atoms with Crippen LogP contribution in [0.25, 0.3) is 0 Å². The molecule has 0 fully saturated rings. The summed E-state index contributed by atoms with van der Waals surface area (Å²) in [5, 5.41) is 0.438. The molecule has 53 heavy (non-hydrogen) atoms. The number of carbonyl (C=O) groups excluding carboxylic acids is 8. The van der Waals surface area contributed by atoms with Gasteiger partial charge in [-0.25, -0.2) is 0 Å². The monoisotopic (exact) mass is 852 g/mol. The predicted molar refractivity (Wildman–Crippen MR) is 232 cm³/mol. The molecule has 0 saturated heterocycles. The number of carbonyl (C=O) groups is 8. The molecule has 0 aromatic heterocycles. The van der Waals surface area contributed by atoms with Gasteiger partial charge in [0.1, 0.15) is 11.6 Å². The zero-order valence-corrected chi connectivity index (χ0v) is 37.9. The topological polar surface area (TPSA) is 137 Å². The van der Waals surface area contributed by atoms with Crippen molar-refractivity contribution in [2.24, 2.45) is 10.8 Å². The third-order valence-corrected chi connectivity index (χ3v) is 14.6. The maximum atomic E-state index is 13.4. The zero-order valence-electron chi connectivity index (χ0n) is 33.0. The Kier molecular flexibility index (Phi) is 31.2. The van der Waals surface area contributed by atoms with Gasteiger partial charge in [0.15, 0.2) is 30.7 Å². The van der Waals surface area contributed by atoms with Crippen molar-refractivity contribution in [1.29, 1.82) is 0 Å². The highest BCUT2D eigenvalue weighted by atomic mass is 32.2. The molecule has 304 valence electrons. The molecule has 0 aliphatic carbocycles. The van der Waals surface area contributed by atoms with Gasteiger partial charge in [-0.1, -0.05) is 70.6 Å². The largest absolute Gasteiger partial charge is 0.299 e. The highest BCUT2D eigenvalue weighted by molar-refractivity contribution is 8.14. The minimum absolute atomic E-state index is 0.0730. The fourth-order valence-electron chi connectivity index (χ4n) is 6.68. The van der Waals surface area contributed by atoms with Gasteiger partial charge >= 0.3 is 0 Å². The Bertz CT molecular complexity index is 977. The average molecular weight is 853 g/mol. The van der Waals surface area contributed by atoms with Gasteiger partial charge in [0, 0.05) is 88.9 Å². The molecule has 0 saturated carbocycles. The number of rotatable bonds is 32. The first-order valence-electron chi connectivity index (χ1n) is 18.8. The van der Waals surface area contributed by atoms with E-state index in [1.807, 2.05) is 0 Å². The first kappa shape index (κ1) is 52.5. The molecular formula is C39H64O8S6. The van der Waals surface area contributed by atoms with E-state index in [1.165, 1.54) is 70.6 Å². The molecule has 0 rings (SSSR count). The van der Waals surface area contributed by atoms with Crippen LogP contribution in [0.15, 0.2) is 0 Å². The van der Waals surface area contributed by atoms with Crippen LogP contribution in [0.3, 0.4) is 0 Å². The Morgan fingerprint density at radius 1 is 0.321 bits per heavy atom. The Labute approximate surface area is 345 Å². The van der Waals surface area contributed by atoms with Crippen LogP contribution in [0.5, 0.6) is 0 Å². The smallest absolute Gasteiger partial charge is 0.185 e. The van der Waals surface area contributed by atoms with Crippen molar-refractivity contribution in [2.45, 2.75) is 151 Å². The summed E-state index contributed by atoms with van der Waals surface area (Å²) in [4.78, 5) is 96.5. The average Bonchev–Trinajstić information content (AvgIpc) is 3.06. The summed E-state index contributed by atoms with van der Waals surface area (Å²) in [6.45, 7) is 9.36. The number of thioether (sulfide) groups is 6. The van der Waals surface area contributed by atoms with Crippen LogP contribution in [0.4, 0.5) is 0 Å². The number of ketones is 2. The molecule has 0 aromatic rings. The van der Waals surface area contributed by atoms with Gasteiger partial charge in [-0.15, -0.1) is 0 Å². The fraction of sp³-hybridized carbons (Fsp3) is 0.795. The predicted octanol–water partition coefficient (Wildman–Crippen LogP) is 10.4. The minimum Gasteiger partial charge on any atom is -0.299 e. The van der Waals surface area contributed by atoms with E-state index in [2.05, 4.69) is 0 Å². The summed E-state index contributed by atoms with van der Waals surface area (Å²) in [5.41, 5.74) is -0.374. The highest BCUT2D eigenvalue weighted by Gasteiger charge is 2.32. The molecule has 0 heterocycles. The van der Waals surface area contributed by atoms with E-state index in [1.54, 1.807) is 41.5 Å². The summed E-state index contributed by atoms with van der Waals surface area (Å²) < 4.78 is 0. The lowest BCUT2D eigenvalue weighted by Gasteiger charge is -2.35. The van der Waals surface area contributed by atoms with Crippen molar-refractivity contribution in [3.8, 4) is 0 Å². The van der Waals surface area contributed by atoms with Gasteiger partial charge in [0.05, 0.1) is 6.42 Å². The Balaban J connectivity index is 5.82. The second kappa shape index (κ2) is 31.5. The van der Waals surface area contributed by atoms with E-state index in [-0.39, 0.29) is 72.4 Å². The third kappa shape index (κ3) is 31.3.